The van der Waals surface area contributed by atoms with Gasteiger partial charge in [0.1, 0.15) is 0 Å². The van der Waals surface area contributed by atoms with Crippen LogP contribution in [0.2, 0.25) is 0 Å². The largest absolute Gasteiger partial charge is 0.380 e. The van der Waals surface area contributed by atoms with Crippen molar-refractivity contribution in [3.05, 3.63) is 65.2 Å². The van der Waals surface area contributed by atoms with E-state index in [0.29, 0.717) is 31.8 Å². The second kappa shape index (κ2) is 9.64. The quantitative estimate of drug-likeness (QED) is 0.714. The van der Waals surface area contributed by atoms with E-state index in [0.717, 1.165) is 11.1 Å². The Bertz CT molecular complexity index is 860. The van der Waals surface area contributed by atoms with Crippen LogP contribution in [-0.4, -0.2) is 38.8 Å². The van der Waals surface area contributed by atoms with Crippen LogP contribution in [0.5, 0.6) is 0 Å². The predicted molar refractivity (Wildman–Crippen MR) is 105 cm³/mol. The number of amides is 1. The Balaban J connectivity index is 2.04. The summed E-state index contributed by atoms with van der Waals surface area (Å²) in [6, 6.07) is 13.8. The SMILES string of the molecule is CCN(CC)S(=O)(=O)c1ccc(C(=O)NCc2cccc(COC)c2)cc1. The molecule has 0 saturated carbocycles. The van der Waals surface area contributed by atoms with Gasteiger partial charge >= 0.3 is 0 Å². The summed E-state index contributed by atoms with van der Waals surface area (Å²) < 4.78 is 31.5. The maximum absolute atomic E-state index is 12.5. The highest BCUT2D eigenvalue weighted by Crippen LogP contribution is 2.16. The van der Waals surface area contributed by atoms with E-state index in [4.69, 9.17) is 4.74 Å². The van der Waals surface area contributed by atoms with Crippen molar-refractivity contribution < 1.29 is 17.9 Å². The standard InChI is InChI=1S/C20H26N2O4S/c1-4-22(5-2)27(24,25)19-11-9-18(10-12-19)20(23)21-14-16-7-6-8-17(13-16)15-26-3/h6-13H,4-5,14-15H2,1-3H3,(H,21,23). The summed E-state index contributed by atoms with van der Waals surface area (Å²) in [6.07, 6.45) is 0. The zero-order chi connectivity index (χ0) is 19.9. The number of rotatable bonds is 9. The number of nitrogens with zero attached hydrogens (tertiary/aromatic N) is 1. The summed E-state index contributed by atoms with van der Waals surface area (Å²) in [7, 11) is -1.88. The molecular formula is C20H26N2O4S. The fourth-order valence-electron chi connectivity index (χ4n) is 2.77. The Kier molecular flexibility index (Phi) is 7.53. The summed E-state index contributed by atoms with van der Waals surface area (Å²) in [5.41, 5.74) is 2.43. The van der Waals surface area contributed by atoms with E-state index in [1.165, 1.54) is 28.6 Å². The van der Waals surface area contributed by atoms with Crippen molar-refractivity contribution in [1.29, 1.82) is 0 Å². The lowest BCUT2D eigenvalue weighted by Crippen LogP contribution is -2.30. The number of ether oxygens (including phenoxy) is 1. The van der Waals surface area contributed by atoms with Crippen molar-refractivity contribution in [2.75, 3.05) is 20.2 Å². The summed E-state index contributed by atoms with van der Waals surface area (Å²) >= 11 is 0. The molecule has 27 heavy (non-hydrogen) atoms. The highest BCUT2D eigenvalue weighted by atomic mass is 32.2. The molecule has 146 valence electrons. The molecule has 2 rings (SSSR count). The van der Waals surface area contributed by atoms with Crippen LogP contribution in [0, 0.1) is 0 Å². The molecule has 6 nitrogen and oxygen atoms in total. The molecule has 2 aromatic rings. The number of methoxy groups -OCH3 is 1. The first-order valence-corrected chi connectivity index (χ1v) is 10.3. The second-order valence-corrected chi connectivity index (χ2v) is 7.99. The van der Waals surface area contributed by atoms with Gasteiger partial charge in [-0.1, -0.05) is 38.1 Å². The highest BCUT2D eigenvalue weighted by Gasteiger charge is 2.21. The Morgan fingerprint density at radius 1 is 1.04 bits per heavy atom. The third-order valence-corrected chi connectivity index (χ3v) is 6.28. The highest BCUT2D eigenvalue weighted by molar-refractivity contribution is 7.89. The molecular weight excluding hydrogens is 364 g/mol. The second-order valence-electron chi connectivity index (χ2n) is 6.05. The van der Waals surface area contributed by atoms with E-state index < -0.39 is 10.0 Å². The number of hydrogen-bond acceptors (Lipinski definition) is 4. The minimum absolute atomic E-state index is 0.190. The van der Waals surface area contributed by atoms with Gasteiger partial charge < -0.3 is 10.1 Å². The van der Waals surface area contributed by atoms with Crippen LogP contribution in [0.25, 0.3) is 0 Å². The molecule has 0 aromatic heterocycles. The molecule has 0 saturated heterocycles. The number of carbonyl (C=O) groups excluding carboxylic acids is 1. The minimum atomic E-state index is -3.52. The summed E-state index contributed by atoms with van der Waals surface area (Å²) in [4.78, 5) is 12.5. The molecule has 0 aliphatic heterocycles. The average molecular weight is 391 g/mol. The molecule has 0 radical (unpaired) electrons. The van der Waals surface area contributed by atoms with Gasteiger partial charge in [-0.15, -0.1) is 0 Å². The Hall–Kier alpha value is -2.22. The van der Waals surface area contributed by atoms with Crippen LogP contribution in [0.15, 0.2) is 53.4 Å². The van der Waals surface area contributed by atoms with Crippen molar-refractivity contribution in [3.63, 3.8) is 0 Å². The third kappa shape index (κ3) is 5.38. The average Bonchev–Trinajstić information content (AvgIpc) is 2.67. The van der Waals surface area contributed by atoms with E-state index in [9.17, 15) is 13.2 Å². The Labute approximate surface area is 161 Å². The summed E-state index contributed by atoms with van der Waals surface area (Å²) in [5.74, 6) is -0.251. The zero-order valence-corrected chi connectivity index (χ0v) is 16.8. The topological polar surface area (TPSA) is 75.7 Å². The number of carbonyl (C=O) groups is 1. The molecule has 2 aromatic carbocycles. The lowest BCUT2D eigenvalue weighted by molar-refractivity contribution is 0.0950. The minimum Gasteiger partial charge on any atom is -0.380 e. The molecule has 0 bridgehead atoms. The molecule has 1 N–H and O–H groups in total. The molecule has 0 aliphatic rings. The van der Waals surface area contributed by atoms with Crippen LogP contribution < -0.4 is 5.32 Å². The van der Waals surface area contributed by atoms with E-state index in [1.807, 2.05) is 24.3 Å². The number of hydrogen-bond donors (Lipinski definition) is 1. The maximum atomic E-state index is 12.5. The van der Waals surface area contributed by atoms with E-state index in [-0.39, 0.29) is 10.8 Å². The van der Waals surface area contributed by atoms with Gasteiger partial charge in [0, 0.05) is 32.3 Å². The predicted octanol–water partition coefficient (Wildman–Crippen LogP) is 2.79. The van der Waals surface area contributed by atoms with Crippen molar-refractivity contribution in [3.8, 4) is 0 Å². The van der Waals surface area contributed by atoms with Crippen LogP contribution in [0.4, 0.5) is 0 Å². The first-order chi connectivity index (χ1) is 12.9. The van der Waals surface area contributed by atoms with Crippen LogP contribution in [0.3, 0.4) is 0 Å². The summed E-state index contributed by atoms with van der Waals surface area (Å²) in [5, 5.41) is 2.85. The lowest BCUT2D eigenvalue weighted by Gasteiger charge is -2.18. The van der Waals surface area contributed by atoms with Crippen molar-refractivity contribution in [2.45, 2.75) is 31.9 Å². The fourth-order valence-corrected chi connectivity index (χ4v) is 4.23. The molecule has 1 amide bonds. The van der Waals surface area contributed by atoms with Crippen LogP contribution in [0.1, 0.15) is 35.3 Å². The van der Waals surface area contributed by atoms with Gasteiger partial charge in [-0.05, 0) is 35.4 Å². The smallest absolute Gasteiger partial charge is 0.251 e. The monoisotopic (exact) mass is 390 g/mol. The van der Waals surface area contributed by atoms with Crippen molar-refractivity contribution >= 4 is 15.9 Å². The van der Waals surface area contributed by atoms with Gasteiger partial charge in [0.05, 0.1) is 11.5 Å². The number of nitrogens with one attached hydrogen (secondary N) is 1. The first-order valence-electron chi connectivity index (χ1n) is 8.87. The van der Waals surface area contributed by atoms with Gasteiger partial charge in [-0.25, -0.2) is 8.42 Å². The summed E-state index contributed by atoms with van der Waals surface area (Å²) in [6.45, 7) is 5.31. The van der Waals surface area contributed by atoms with Gasteiger partial charge in [-0.3, -0.25) is 4.79 Å². The Morgan fingerprint density at radius 3 is 2.26 bits per heavy atom. The van der Waals surface area contributed by atoms with E-state index in [1.54, 1.807) is 21.0 Å². The molecule has 0 aliphatic carbocycles. The van der Waals surface area contributed by atoms with Gasteiger partial charge in [0.2, 0.25) is 10.0 Å². The first kappa shape index (κ1) is 21.1. The molecule has 0 unspecified atom stereocenters. The third-order valence-electron chi connectivity index (χ3n) is 4.22. The lowest BCUT2D eigenvalue weighted by atomic mass is 10.1. The van der Waals surface area contributed by atoms with Gasteiger partial charge in [0.25, 0.3) is 5.91 Å². The normalized spacial score (nSPS) is 11.6. The molecule has 0 fully saturated rings. The molecule has 0 atom stereocenters. The molecule has 0 heterocycles. The molecule has 0 spiro atoms. The van der Waals surface area contributed by atoms with Crippen LogP contribution in [-0.2, 0) is 27.9 Å². The van der Waals surface area contributed by atoms with E-state index >= 15 is 0 Å². The van der Waals surface area contributed by atoms with Crippen molar-refractivity contribution in [1.82, 2.24) is 9.62 Å². The van der Waals surface area contributed by atoms with E-state index in [2.05, 4.69) is 5.32 Å². The van der Waals surface area contributed by atoms with Gasteiger partial charge in [0.15, 0.2) is 0 Å². The van der Waals surface area contributed by atoms with Crippen LogP contribution >= 0.6 is 0 Å². The zero-order valence-electron chi connectivity index (χ0n) is 15.9. The number of benzene rings is 2. The molecule has 7 heteroatoms. The number of sulfonamides is 1. The van der Waals surface area contributed by atoms with Gasteiger partial charge in [-0.2, -0.15) is 4.31 Å². The Morgan fingerprint density at radius 2 is 1.67 bits per heavy atom. The van der Waals surface area contributed by atoms with Crippen molar-refractivity contribution in [2.24, 2.45) is 0 Å². The fraction of sp³-hybridized carbons (Fsp3) is 0.350. The maximum Gasteiger partial charge on any atom is 0.251 e.